The van der Waals surface area contributed by atoms with Crippen LogP contribution >= 0.6 is 12.4 Å². The van der Waals surface area contributed by atoms with Crippen molar-refractivity contribution in [2.75, 3.05) is 14.2 Å². The second-order valence-electron chi connectivity index (χ2n) is 6.05. The van der Waals surface area contributed by atoms with Crippen molar-refractivity contribution in [2.45, 2.75) is 6.54 Å². The number of methoxy groups -OCH3 is 2. The van der Waals surface area contributed by atoms with E-state index in [2.05, 4.69) is 22.7 Å². The number of nitrogens with zero attached hydrogens (tertiary/aromatic N) is 2. The van der Waals surface area contributed by atoms with Gasteiger partial charge < -0.3 is 9.47 Å². The van der Waals surface area contributed by atoms with Gasteiger partial charge in [0, 0.05) is 23.3 Å². The highest BCUT2D eigenvalue weighted by atomic mass is 35.5. The first kappa shape index (κ1) is 21.9. The van der Waals surface area contributed by atoms with Gasteiger partial charge in [-0.15, -0.1) is 12.4 Å². The number of carbonyl (C=O) groups excluding carboxylic acids is 1. The first-order valence-electron chi connectivity index (χ1n) is 8.78. The van der Waals surface area contributed by atoms with Crippen LogP contribution in [-0.4, -0.2) is 26.3 Å². The van der Waals surface area contributed by atoms with Gasteiger partial charge in [0.1, 0.15) is 11.5 Å². The number of amides is 1. The molecule has 2 aromatic carbocycles. The van der Waals surface area contributed by atoms with Crippen LogP contribution in [0.2, 0.25) is 0 Å². The molecule has 0 saturated heterocycles. The lowest BCUT2D eigenvalue weighted by molar-refractivity contribution is -0.688. The van der Waals surface area contributed by atoms with Crippen molar-refractivity contribution in [3.8, 4) is 11.5 Å². The quantitative estimate of drug-likeness (QED) is 0.368. The van der Waals surface area contributed by atoms with Gasteiger partial charge in [-0.1, -0.05) is 30.3 Å². The molecule has 0 bridgehead atoms. The molecule has 3 rings (SSSR count). The van der Waals surface area contributed by atoms with Crippen LogP contribution in [0.3, 0.4) is 0 Å². The third-order valence-electron chi connectivity index (χ3n) is 4.17. The summed E-state index contributed by atoms with van der Waals surface area (Å²) in [6.45, 7) is 0.747. The zero-order chi connectivity index (χ0) is 19.8. The van der Waals surface area contributed by atoms with Crippen LogP contribution in [0.5, 0.6) is 11.5 Å². The Labute approximate surface area is 176 Å². The topological polar surface area (TPSA) is 63.8 Å². The summed E-state index contributed by atoms with van der Waals surface area (Å²) in [5.74, 6) is 1.03. The molecule has 0 radical (unpaired) electrons. The maximum absolute atomic E-state index is 12.3. The number of benzene rings is 2. The van der Waals surface area contributed by atoms with E-state index in [-0.39, 0.29) is 18.3 Å². The van der Waals surface area contributed by atoms with Crippen LogP contribution in [0.1, 0.15) is 21.5 Å². The average Bonchev–Trinajstić information content (AvgIpc) is 2.74. The fourth-order valence-corrected chi connectivity index (χ4v) is 2.67. The van der Waals surface area contributed by atoms with Gasteiger partial charge >= 0.3 is 0 Å². The van der Waals surface area contributed by atoms with Crippen molar-refractivity contribution >= 4 is 24.5 Å². The molecule has 0 saturated carbocycles. The Bertz CT molecular complexity index is 961. The predicted octanol–water partition coefficient (Wildman–Crippen LogP) is 3.23. The zero-order valence-corrected chi connectivity index (χ0v) is 17.1. The monoisotopic (exact) mass is 412 g/mol. The largest absolute Gasteiger partial charge is 0.497 e. The predicted molar refractivity (Wildman–Crippen MR) is 114 cm³/mol. The van der Waals surface area contributed by atoms with Gasteiger partial charge in [0.25, 0.3) is 5.91 Å². The van der Waals surface area contributed by atoms with Gasteiger partial charge in [-0.25, -0.2) is 9.99 Å². The summed E-state index contributed by atoms with van der Waals surface area (Å²) in [5.41, 5.74) is 4.96. The number of hydrazone groups is 1. The van der Waals surface area contributed by atoms with E-state index in [0.29, 0.717) is 22.6 Å². The molecule has 1 aromatic heterocycles. The van der Waals surface area contributed by atoms with E-state index in [1.54, 1.807) is 44.6 Å². The molecule has 1 amide bonds. The summed E-state index contributed by atoms with van der Waals surface area (Å²) in [4.78, 5) is 12.3. The van der Waals surface area contributed by atoms with Crippen molar-refractivity contribution in [1.29, 1.82) is 0 Å². The highest BCUT2D eigenvalue weighted by Crippen LogP contribution is 2.22. The summed E-state index contributed by atoms with van der Waals surface area (Å²) in [6, 6.07) is 19.0. The van der Waals surface area contributed by atoms with Gasteiger partial charge in [0.05, 0.1) is 26.0 Å². The van der Waals surface area contributed by atoms with Gasteiger partial charge in [-0.05, 0) is 18.2 Å². The minimum absolute atomic E-state index is 0. The fraction of sp³-hybridized carbons (Fsp3) is 0.136. The number of hydrogen-bond acceptors (Lipinski definition) is 4. The molecule has 29 heavy (non-hydrogen) atoms. The minimum Gasteiger partial charge on any atom is -0.497 e. The number of nitrogens with one attached hydrogen (secondary N) is 1. The highest BCUT2D eigenvalue weighted by Gasteiger charge is 2.08. The molecular weight excluding hydrogens is 390 g/mol. The maximum Gasteiger partial charge on any atom is 0.271 e. The molecule has 1 N–H and O–H groups in total. The number of pyridine rings is 1. The van der Waals surface area contributed by atoms with Crippen LogP contribution in [0.4, 0.5) is 0 Å². The van der Waals surface area contributed by atoms with E-state index in [1.807, 2.05) is 35.2 Å². The highest BCUT2D eigenvalue weighted by molar-refractivity contribution is 5.94. The summed E-state index contributed by atoms with van der Waals surface area (Å²) >= 11 is 0. The van der Waals surface area contributed by atoms with Crippen LogP contribution in [0, 0.1) is 0 Å². The Hall–Kier alpha value is -3.38. The van der Waals surface area contributed by atoms with Crippen molar-refractivity contribution < 1.29 is 18.8 Å². The number of halogens is 1. The minimum atomic E-state index is -0.287. The van der Waals surface area contributed by atoms with Gasteiger partial charge in [0.15, 0.2) is 18.9 Å². The third kappa shape index (κ3) is 6.05. The molecule has 3 aromatic rings. The average molecular weight is 413 g/mol. The second-order valence-corrected chi connectivity index (χ2v) is 6.05. The van der Waals surface area contributed by atoms with Crippen molar-refractivity contribution in [3.63, 3.8) is 0 Å². The lowest BCUT2D eigenvalue weighted by Gasteiger charge is -2.06. The summed E-state index contributed by atoms with van der Waals surface area (Å²) in [5, 5.41) is 4.03. The van der Waals surface area contributed by atoms with Crippen molar-refractivity contribution in [1.82, 2.24) is 5.43 Å². The van der Waals surface area contributed by atoms with Crippen molar-refractivity contribution in [2.24, 2.45) is 5.10 Å². The van der Waals surface area contributed by atoms with Gasteiger partial charge in [-0.3, -0.25) is 4.79 Å². The number of rotatable bonds is 7. The van der Waals surface area contributed by atoms with Crippen molar-refractivity contribution in [3.05, 3.63) is 89.7 Å². The lowest BCUT2D eigenvalue weighted by atomic mass is 10.2. The first-order valence-corrected chi connectivity index (χ1v) is 8.78. The normalized spacial score (nSPS) is 10.3. The fourth-order valence-electron chi connectivity index (χ4n) is 2.67. The molecule has 6 nitrogen and oxygen atoms in total. The molecule has 1 heterocycles. The molecule has 0 aliphatic heterocycles. The van der Waals surface area contributed by atoms with E-state index in [0.717, 1.165) is 6.54 Å². The summed E-state index contributed by atoms with van der Waals surface area (Å²) < 4.78 is 12.5. The van der Waals surface area contributed by atoms with E-state index in [9.17, 15) is 4.79 Å². The molecule has 0 fully saturated rings. The number of hydrogen-bond donors (Lipinski definition) is 1. The van der Waals surface area contributed by atoms with E-state index < -0.39 is 0 Å². The summed E-state index contributed by atoms with van der Waals surface area (Å²) in [7, 11) is 3.16. The molecular formula is C22H23ClN3O3+. The molecule has 0 atom stereocenters. The number of aromatic nitrogens is 1. The summed E-state index contributed by atoms with van der Waals surface area (Å²) in [6.07, 6.45) is 5.27. The Morgan fingerprint density at radius 2 is 1.76 bits per heavy atom. The standard InChI is InChI=1S/C22H21N3O3.ClH/c1-27-20-8-9-21(28-2)19(14-20)15-23-24-22(26)18-10-12-25(13-11-18)16-17-6-4-3-5-7-17;/h3-15H,16H2,1-2H3;1H/p+1. The van der Waals surface area contributed by atoms with Crippen LogP contribution in [0.25, 0.3) is 0 Å². The Balaban J connectivity index is 0.00000300. The maximum atomic E-state index is 12.3. The van der Waals surface area contributed by atoms with Gasteiger partial charge in [0.2, 0.25) is 0 Å². The molecule has 0 aliphatic rings. The Kier molecular flexibility index (Phi) is 8.18. The van der Waals surface area contributed by atoms with Gasteiger partial charge in [-0.2, -0.15) is 5.10 Å². The molecule has 0 unspecified atom stereocenters. The molecule has 150 valence electrons. The van der Waals surface area contributed by atoms with Crippen LogP contribution in [-0.2, 0) is 6.54 Å². The van der Waals surface area contributed by atoms with E-state index in [1.165, 1.54) is 11.8 Å². The number of carbonyl (C=O) groups is 1. The van der Waals surface area contributed by atoms with Crippen LogP contribution < -0.4 is 19.5 Å². The lowest BCUT2D eigenvalue weighted by Crippen LogP contribution is -2.33. The van der Waals surface area contributed by atoms with Crippen LogP contribution in [0.15, 0.2) is 78.2 Å². The van der Waals surface area contributed by atoms with E-state index >= 15 is 0 Å². The SMILES string of the molecule is COc1ccc(OC)c(/C=N/NC(=O)c2cc[n+](Cc3ccccc3)cc2)c1.Cl. The zero-order valence-electron chi connectivity index (χ0n) is 16.2. The van der Waals surface area contributed by atoms with E-state index in [4.69, 9.17) is 9.47 Å². The Morgan fingerprint density at radius 3 is 2.41 bits per heavy atom. The Morgan fingerprint density at radius 1 is 1.03 bits per heavy atom. The smallest absolute Gasteiger partial charge is 0.271 e. The molecule has 0 aliphatic carbocycles. The molecule has 7 heteroatoms. The number of ether oxygens (including phenoxy) is 2. The molecule has 0 spiro atoms. The third-order valence-corrected chi connectivity index (χ3v) is 4.17. The second kappa shape index (κ2) is 10.8. The first-order chi connectivity index (χ1) is 13.7.